The third kappa shape index (κ3) is 4.47. The smallest absolute Gasteiger partial charge is 0.186 e. The number of pyridine rings is 1. The number of hydrogen-bond donors (Lipinski definition) is 2. The number of anilines is 2. The van der Waals surface area contributed by atoms with Gasteiger partial charge in [0.1, 0.15) is 11.3 Å². The van der Waals surface area contributed by atoms with Crippen molar-refractivity contribution >= 4 is 38.6 Å². The minimum Gasteiger partial charge on any atom is -0.396 e. The zero-order valence-electron chi connectivity index (χ0n) is 19.5. The first-order valence-corrected chi connectivity index (χ1v) is 11.6. The van der Waals surface area contributed by atoms with Gasteiger partial charge in [0.15, 0.2) is 5.13 Å². The molecular formula is C24H31FN6S. The molecule has 1 fully saturated rings. The van der Waals surface area contributed by atoms with E-state index >= 15 is 0 Å². The van der Waals surface area contributed by atoms with E-state index in [1.54, 1.807) is 30.8 Å². The molecule has 6 nitrogen and oxygen atoms in total. The fourth-order valence-corrected chi connectivity index (χ4v) is 5.87. The molecule has 170 valence electrons. The Morgan fingerprint density at radius 2 is 1.91 bits per heavy atom. The van der Waals surface area contributed by atoms with E-state index in [1.165, 1.54) is 6.07 Å². The number of benzene rings is 1. The highest BCUT2D eigenvalue weighted by Gasteiger charge is 2.39. The molecule has 3 aromatic rings. The Morgan fingerprint density at radius 3 is 2.56 bits per heavy atom. The molecule has 1 aromatic carbocycles. The average molecular weight is 455 g/mol. The van der Waals surface area contributed by atoms with Crippen molar-refractivity contribution in [3.63, 3.8) is 0 Å². The number of nitrogens with zero attached hydrogens (tertiary/aromatic N) is 4. The lowest BCUT2D eigenvalue weighted by molar-refractivity contribution is 0.161. The Labute approximate surface area is 192 Å². The molecule has 0 amide bonds. The van der Waals surface area contributed by atoms with Crippen LogP contribution in [0.3, 0.4) is 0 Å². The average Bonchev–Trinajstić information content (AvgIpc) is 3.11. The highest BCUT2D eigenvalue weighted by molar-refractivity contribution is 7.22. The molecule has 4 rings (SSSR count). The largest absolute Gasteiger partial charge is 0.396 e. The predicted octanol–water partition coefficient (Wildman–Crippen LogP) is 4.87. The minimum absolute atomic E-state index is 0.0603. The highest BCUT2D eigenvalue weighted by atomic mass is 32.1. The van der Waals surface area contributed by atoms with Crippen molar-refractivity contribution in [3.8, 4) is 11.3 Å². The molecule has 0 saturated carbocycles. The predicted molar refractivity (Wildman–Crippen MR) is 133 cm³/mol. The monoisotopic (exact) mass is 454 g/mol. The Kier molecular flexibility index (Phi) is 5.71. The van der Waals surface area contributed by atoms with Gasteiger partial charge < -0.3 is 16.0 Å². The summed E-state index contributed by atoms with van der Waals surface area (Å²) in [5, 5.41) is 4.71. The molecule has 0 bridgehead atoms. The third-order valence-corrected chi connectivity index (χ3v) is 7.12. The van der Waals surface area contributed by atoms with Crippen LogP contribution in [0, 0.1) is 5.82 Å². The first-order valence-electron chi connectivity index (χ1n) is 10.8. The third-order valence-electron chi connectivity index (χ3n) is 6.01. The Bertz CT molecular complexity index is 1170. The summed E-state index contributed by atoms with van der Waals surface area (Å²) in [5.41, 5.74) is 8.80. The summed E-state index contributed by atoms with van der Waals surface area (Å²) < 4.78 is 15.4. The molecule has 8 heteroatoms. The van der Waals surface area contributed by atoms with Crippen LogP contribution in [0.15, 0.2) is 29.4 Å². The molecule has 0 atom stereocenters. The summed E-state index contributed by atoms with van der Waals surface area (Å²) in [6, 6.07) is 5.59. The topological polar surface area (TPSA) is 79.4 Å². The minimum atomic E-state index is -0.472. The van der Waals surface area contributed by atoms with Gasteiger partial charge in [-0.1, -0.05) is 11.3 Å². The molecule has 3 N–H and O–H groups in total. The van der Waals surface area contributed by atoms with Crippen LogP contribution in [0.25, 0.3) is 21.5 Å². The van der Waals surface area contributed by atoms with Gasteiger partial charge in [-0.25, -0.2) is 9.37 Å². The number of nitrogens with two attached hydrogens (primary N) is 1. The second-order valence-corrected chi connectivity index (χ2v) is 11.0. The number of aromatic nitrogens is 2. The van der Waals surface area contributed by atoms with E-state index in [0.29, 0.717) is 22.9 Å². The lowest BCUT2D eigenvalue weighted by Gasteiger charge is -2.48. The van der Waals surface area contributed by atoms with Gasteiger partial charge in [-0.3, -0.25) is 9.98 Å². The van der Waals surface area contributed by atoms with Crippen LogP contribution in [-0.2, 0) is 0 Å². The number of aliphatic imine (C=N–C) groups is 1. The maximum Gasteiger partial charge on any atom is 0.186 e. The fourth-order valence-electron chi connectivity index (χ4n) is 4.86. The van der Waals surface area contributed by atoms with Crippen LogP contribution in [0.4, 0.5) is 15.2 Å². The van der Waals surface area contributed by atoms with Crippen molar-refractivity contribution in [2.75, 3.05) is 24.7 Å². The fraction of sp³-hybridized carbons (Fsp3) is 0.458. The molecule has 2 aromatic heterocycles. The van der Waals surface area contributed by atoms with E-state index in [9.17, 15) is 4.39 Å². The maximum atomic E-state index is 14.4. The van der Waals surface area contributed by atoms with E-state index in [0.717, 1.165) is 28.2 Å². The molecule has 1 aliphatic heterocycles. The number of thiazole rings is 1. The molecule has 0 unspecified atom stereocenters. The molecular weight excluding hydrogens is 423 g/mol. The number of rotatable bonds is 4. The van der Waals surface area contributed by atoms with Crippen molar-refractivity contribution < 1.29 is 4.39 Å². The van der Waals surface area contributed by atoms with E-state index in [4.69, 9.17) is 10.7 Å². The summed E-state index contributed by atoms with van der Waals surface area (Å²) in [4.78, 5) is 15.7. The summed E-state index contributed by atoms with van der Waals surface area (Å²) in [6.45, 7) is 9.03. The molecule has 0 spiro atoms. The zero-order chi connectivity index (χ0) is 23.3. The van der Waals surface area contributed by atoms with Crippen LogP contribution >= 0.6 is 11.3 Å². The lowest BCUT2D eigenvalue weighted by atomic mass is 9.79. The van der Waals surface area contributed by atoms with E-state index in [1.807, 2.05) is 12.1 Å². The Balaban J connectivity index is 1.67. The quantitative estimate of drug-likeness (QED) is 0.434. The Morgan fingerprint density at radius 1 is 1.22 bits per heavy atom. The number of nitrogen functional groups attached to an aromatic ring is 1. The zero-order valence-corrected chi connectivity index (χ0v) is 20.3. The summed E-state index contributed by atoms with van der Waals surface area (Å²) in [6.07, 6.45) is 5.40. The summed E-state index contributed by atoms with van der Waals surface area (Å²) >= 11 is 1.64. The lowest BCUT2D eigenvalue weighted by Crippen LogP contribution is -2.61. The van der Waals surface area contributed by atoms with Gasteiger partial charge in [0.25, 0.3) is 0 Å². The Hall–Kier alpha value is -2.58. The highest BCUT2D eigenvalue weighted by Crippen LogP contribution is 2.37. The van der Waals surface area contributed by atoms with Gasteiger partial charge >= 0.3 is 0 Å². The van der Waals surface area contributed by atoms with Crippen molar-refractivity contribution in [1.82, 2.24) is 15.3 Å². The molecule has 0 radical (unpaired) electrons. The summed E-state index contributed by atoms with van der Waals surface area (Å²) in [7, 11) is 3.76. The van der Waals surface area contributed by atoms with Crippen LogP contribution in [0.2, 0.25) is 0 Å². The van der Waals surface area contributed by atoms with Crippen molar-refractivity contribution in [1.29, 1.82) is 0 Å². The van der Waals surface area contributed by atoms with E-state index in [-0.39, 0.29) is 16.8 Å². The molecule has 0 aliphatic carbocycles. The van der Waals surface area contributed by atoms with Crippen LogP contribution in [-0.4, -0.2) is 47.4 Å². The second-order valence-electron chi connectivity index (χ2n) is 9.95. The van der Waals surface area contributed by atoms with Gasteiger partial charge in [0, 0.05) is 48.6 Å². The van der Waals surface area contributed by atoms with Gasteiger partial charge in [0.05, 0.1) is 22.3 Å². The molecule has 1 saturated heterocycles. The number of fused-ring (bicyclic) bond motifs is 1. The first-order chi connectivity index (χ1) is 15.0. The second kappa shape index (κ2) is 8.08. The van der Waals surface area contributed by atoms with Crippen molar-refractivity contribution in [2.45, 2.75) is 57.7 Å². The number of piperidine rings is 1. The van der Waals surface area contributed by atoms with Gasteiger partial charge in [-0.05, 0) is 58.7 Å². The van der Waals surface area contributed by atoms with Gasteiger partial charge in [-0.15, -0.1) is 0 Å². The SMILES string of the molecule is CN=Cc1cc(-c2cc3sc(N(C)C4CC(C)(C)NC(C)(C)C4)nc3cn2)cc(F)c1N. The number of hydrogen-bond acceptors (Lipinski definition) is 7. The molecule has 3 heterocycles. The standard InChI is InChI=1S/C24H31FN6S/c1-23(2)10-16(11-24(3,4)30-23)31(6)22-29-19-13-28-18(9-20(19)32-22)14-7-15(12-27-5)21(26)17(25)8-14/h7-9,12-13,16,30H,10-11,26H2,1-6H3. The van der Waals surface area contributed by atoms with Crippen molar-refractivity contribution in [2.24, 2.45) is 4.99 Å². The van der Waals surface area contributed by atoms with Crippen LogP contribution in [0.5, 0.6) is 0 Å². The molecule has 32 heavy (non-hydrogen) atoms. The van der Waals surface area contributed by atoms with Crippen molar-refractivity contribution in [3.05, 3.63) is 35.8 Å². The van der Waals surface area contributed by atoms with E-state index in [2.05, 4.69) is 54.9 Å². The summed E-state index contributed by atoms with van der Waals surface area (Å²) in [5.74, 6) is -0.472. The van der Waals surface area contributed by atoms with Crippen LogP contribution < -0.4 is 16.0 Å². The van der Waals surface area contributed by atoms with Gasteiger partial charge in [0.2, 0.25) is 0 Å². The molecule has 1 aliphatic rings. The van der Waals surface area contributed by atoms with Crippen LogP contribution in [0.1, 0.15) is 46.1 Å². The number of halogens is 1. The number of nitrogens with one attached hydrogen (secondary N) is 1. The first kappa shape index (κ1) is 22.6. The maximum absolute atomic E-state index is 14.4. The van der Waals surface area contributed by atoms with E-state index < -0.39 is 5.82 Å². The van der Waals surface area contributed by atoms with Gasteiger partial charge in [-0.2, -0.15) is 0 Å². The normalized spacial score (nSPS) is 18.5.